The molecule has 1 N–H and O–H groups in total. The molecule has 0 aliphatic rings. The van der Waals surface area contributed by atoms with Crippen molar-refractivity contribution in [2.45, 2.75) is 24.4 Å². The average molecular weight is 363 g/mol. The summed E-state index contributed by atoms with van der Waals surface area (Å²) >= 11 is 5.63. The van der Waals surface area contributed by atoms with Crippen molar-refractivity contribution in [2.75, 3.05) is 13.7 Å². The van der Waals surface area contributed by atoms with Gasteiger partial charge in [-0.1, -0.05) is 11.6 Å². The normalized spacial score (nSPS) is 13.2. The van der Waals surface area contributed by atoms with E-state index < -0.39 is 21.9 Å². The molecule has 1 heterocycles. The van der Waals surface area contributed by atoms with E-state index in [4.69, 9.17) is 16.3 Å². The fraction of sp³-hybridized carbons (Fsp3) is 0.385. The van der Waals surface area contributed by atoms with Crippen LogP contribution in [0.15, 0.2) is 29.4 Å². The highest BCUT2D eigenvalue weighted by Crippen LogP contribution is 2.21. The number of aromatic nitrogens is 3. The number of nitrogens with zero attached hydrogens (tertiary/aromatic N) is 3. The van der Waals surface area contributed by atoms with Crippen molar-refractivity contribution in [2.24, 2.45) is 0 Å². The van der Waals surface area contributed by atoms with Crippen molar-refractivity contribution in [3.05, 3.63) is 41.2 Å². The van der Waals surface area contributed by atoms with Crippen molar-refractivity contribution >= 4 is 21.6 Å². The minimum atomic E-state index is -3.88. The molecule has 1 aromatic heterocycles. The molecule has 2 aromatic rings. The first kappa shape index (κ1) is 17.8. The Labute approximate surface area is 138 Å². The number of hydrogen-bond donors (Lipinski definition) is 1. The molecular weight excluding hydrogens is 347 g/mol. The zero-order valence-corrected chi connectivity index (χ0v) is 14.1. The van der Waals surface area contributed by atoms with Crippen molar-refractivity contribution in [1.82, 2.24) is 19.5 Å². The molecule has 1 atom stereocenters. The van der Waals surface area contributed by atoms with Crippen LogP contribution in [0.3, 0.4) is 0 Å². The second-order valence-corrected chi connectivity index (χ2v) is 6.92. The lowest BCUT2D eigenvalue weighted by atomic mass is 10.3. The Kier molecular flexibility index (Phi) is 5.69. The molecule has 7 nitrogen and oxygen atoms in total. The molecule has 0 unspecified atom stereocenters. The van der Waals surface area contributed by atoms with Crippen LogP contribution in [0.2, 0.25) is 5.02 Å². The molecule has 0 aliphatic heterocycles. The van der Waals surface area contributed by atoms with Gasteiger partial charge in [0.2, 0.25) is 10.0 Å². The lowest BCUT2D eigenvalue weighted by Crippen LogP contribution is -2.29. The number of benzene rings is 1. The van der Waals surface area contributed by atoms with Crippen LogP contribution in [0, 0.1) is 5.82 Å². The van der Waals surface area contributed by atoms with Gasteiger partial charge in [-0.25, -0.2) is 17.5 Å². The van der Waals surface area contributed by atoms with Crippen LogP contribution in [-0.4, -0.2) is 36.9 Å². The van der Waals surface area contributed by atoms with Gasteiger partial charge >= 0.3 is 0 Å². The van der Waals surface area contributed by atoms with E-state index in [2.05, 4.69) is 14.9 Å². The van der Waals surface area contributed by atoms with Crippen LogP contribution in [0.1, 0.15) is 18.8 Å². The molecule has 2 rings (SSSR count). The summed E-state index contributed by atoms with van der Waals surface area (Å²) in [5.74, 6) is -0.239. The van der Waals surface area contributed by atoms with Crippen LogP contribution in [0.4, 0.5) is 4.39 Å². The predicted molar refractivity (Wildman–Crippen MR) is 82.0 cm³/mol. The second-order valence-electron chi connectivity index (χ2n) is 4.79. The number of nitrogens with one attached hydrogen (secondary N) is 1. The average Bonchev–Trinajstić information content (AvgIpc) is 2.96. The second kappa shape index (κ2) is 7.35. The van der Waals surface area contributed by atoms with Gasteiger partial charge < -0.3 is 9.30 Å². The Bertz CT molecular complexity index is 781. The van der Waals surface area contributed by atoms with Crippen molar-refractivity contribution in [3.63, 3.8) is 0 Å². The number of halogens is 2. The highest BCUT2D eigenvalue weighted by Gasteiger charge is 2.22. The highest BCUT2D eigenvalue weighted by molar-refractivity contribution is 7.89. The largest absolute Gasteiger partial charge is 0.383 e. The van der Waals surface area contributed by atoms with Gasteiger partial charge in [0.15, 0.2) is 5.82 Å². The summed E-state index contributed by atoms with van der Waals surface area (Å²) in [6, 6.07) is 2.57. The van der Waals surface area contributed by atoms with E-state index in [1.165, 1.54) is 6.33 Å². The molecule has 0 saturated carbocycles. The third-order valence-electron chi connectivity index (χ3n) is 3.10. The van der Waals surface area contributed by atoms with E-state index in [1.807, 2.05) is 0 Å². The fourth-order valence-corrected chi connectivity index (χ4v) is 3.43. The highest BCUT2D eigenvalue weighted by atomic mass is 35.5. The minimum Gasteiger partial charge on any atom is -0.383 e. The summed E-state index contributed by atoms with van der Waals surface area (Å²) < 4.78 is 47.0. The summed E-state index contributed by atoms with van der Waals surface area (Å²) in [5.41, 5.74) is 0. The number of hydrogen-bond acceptors (Lipinski definition) is 5. The van der Waals surface area contributed by atoms with E-state index >= 15 is 0 Å². The lowest BCUT2D eigenvalue weighted by Gasteiger charge is -2.15. The van der Waals surface area contributed by atoms with E-state index in [0.717, 1.165) is 18.2 Å². The van der Waals surface area contributed by atoms with Gasteiger partial charge in [0.1, 0.15) is 12.1 Å². The third kappa shape index (κ3) is 4.25. The molecule has 10 heteroatoms. The van der Waals surface area contributed by atoms with E-state index in [-0.39, 0.29) is 9.92 Å². The third-order valence-corrected chi connectivity index (χ3v) is 4.93. The monoisotopic (exact) mass is 362 g/mol. The van der Waals surface area contributed by atoms with E-state index in [1.54, 1.807) is 18.6 Å². The summed E-state index contributed by atoms with van der Waals surface area (Å²) in [5, 5.41) is 7.44. The van der Waals surface area contributed by atoms with Crippen LogP contribution >= 0.6 is 11.6 Å². The summed E-state index contributed by atoms with van der Waals surface area (Å²) in [7, 11) is -2.31. The Morgan fingerprint density at radius 1 is 1.48 bits per heavy atom. The molecule has 126 valence electrons. The number of sulfonamides is 1. The van der Waals surface area contributed by atoms with Crippen molar-refractivity contribution in [3.8, 4) is 0 Å². The van der Waals surface area contributed by atoms with Crippen LogP contribution in [0.5, 0.6) is 0 Å². The molecule has 0 fully saturated rings. The van der Waals surface area contributed by atoms with Crippen molar-refractivity contribution < 1.29 is 17.5 Å². The Morgan fingerprint density at radius 3 is 2.87 bits per heavy atom. The number of rotatable bonds is 7. The first-order valence-electron chi connectivity index (χ1n) is 6.69. The fourth-order valence-electron chi connectivity index (χ4n) is 1.96. The summed E-state index contributed by atoms with van der Waals surface area (Å²) in [6.45, 7) is 2.57. The van der Waals surface area contributed by atoms with Crippen LogP contribution in [0.25, 0.3) is 0 Å². The zero-order chi connectivity index (χ0) is 17.0. The van der Waals surface area contributed by atoms with Crippen LogP contribution in [-0.2, 0) is 21.3 Å². The molecule has 0 aliphatic carbocycles. The standard InChI is InChI=1S/C13H16ClFN4O3S/c1-9(13-17-16-8-19(13)5-6-22-2)18-23(20,21)10-3-4-12(15)11(14)7-10/h3-4,7-9,18H,5-6H2,1-2H3/t9-/m0/s1. The molecule has 0 radical (unpaired) electrons. The van der Waals surface area contributed by atoms with E-state index in [9.17, 15) is 12.8 Å². The molecular formula is C13H16ClFN4O3S. The maximum Gasteiger partial charge on any atom is 0.241 e. The molecule has 0 amide bonds. The maximum absolute atomic E-state index is 13.2. The van der Waals surface area contributed by atoms with Crippen molar-refractivity contribution in [1.29, 1.82) is 0 Å². The molecule has 0 spiro atoms. The van der Waals surface area contributed by atoms with Gasteiger partial charge in [-0.3, -0.25) is 0 Å². The summed E-state index contributed by atoms with van der Waals surface area (Å²) in [6.07, 6.45) is 1.49. The maximum atomic E-state index is 13.2. The Balaban J connectivity index is 2.20. The predicted octanol–water partition coefficient (Wildman–Crippen LogP) is 1.76. The smallest absolute Gasteiger partial charge is 0.241 e. The summed E-state index contributed by atoms with van der Waals surface area (Å²) in [4.78, 5) is -0.126. The zero-order valence-electron chi connectivity index (χ0n) is 12.5. The van der Waals surface area contributed by atoms with Gasteiger partial charge in [0, 0.05) is 13.7 Å². The molecule has 23 heavy (non-hydrogen) atoms. The SMILES string of the molecule is COCCn1cnnc1[C@H](C)NS(=O)(=O)c1ccc(F)c(Cl)c1. The van der Waals surface area contributed by atoms with Gasteiger partial charge in [-0.05, 0) is 25.1 Å². The first-order chi connectivity index (χ1) is 10.8. The van der Waals surface area contributed by atoms with Crippen LogP contribution < -0.4 is 4.72 Å². The number of ether oxygens (including phenoxy) is 1. The molecule has 0 saturated heterocycles. The Hall–Kier alpha value is -1.55. The van der Waals surface area contributed by atoms with Gasteiger partial charge in [0.25, 0.3) is 0 Å². The van der Waals surface area contributed by atoms with E-state index in [0.29, 0.717) is 19.0 Å². The molecule has 0 bridgehead atoms. The minimum absolute atomic E-state index is 0.126. The quantitative estimate of drug-likeness (QED) is 0.811. The van der Waals surface area contributed by atoms with Gasteiger partial charge in [-0.2, -0.15) is 0 Å². The molecule has 1 aromatic carbocycles. The topological polar surface area (TPSA) is 86.1 Å². The Morgan fingerprint density at radius 2 is 2.22 bits per heavy atom. The number of methoxy groups -OCH3 is 1. The first-order valence-corrected chi connectivity index (χ1v) is 8.55. The van der Waals surface area contributed by atoms with Gasteiger partial charge in [0.05, 0.1) is 22.6 Å². The van der Waals surface area contributed by atoms with Gasteiger partial charge in [-0.15, -0.1) is 10.2 Å². The lowest BCUT2D eigenvalue weighted by molar-refractivity contribution is 0.185.